The molecule has 2 aromatic rings. The fourth-order valence-corrected chi connectivity index (χ4v) is 2.04. The standard InChI is InChI=1S/C10H11ClN4O/c1-16-7-3-2-6-13-8(10(12)4-5-10)9(11)15(6)14-7/h2-3H,4-5,12H2,1H3. The van der Waals surface area contributed by atoms with Gasteiger partial charge in [0.1, 0.15) is 5.69 Å². The van der Waals surface area contributed by atoms with Gasteiger partial charge in [-0.3, -0.25) is 0 Å². The molecule has 0 saturated heterocycles. The SMILES string of the molecule is COc1ccc2nc(C3(N)CC3)c(Cl)n2n1. The van der Waals surface area contributed by atoms with Crippen molar-refractivity contribution in [1.82, 2.24) is 14.6 Å². The van der Waals surface area contributed by atoms with E-state index in [0.29, 0.717) is 16.7 Å². The van der Waals surface area contributed by atoms with Crippen molar-refractivity contribution < 1.29 is 4.74 Å². The van der Waals surface area contributed by atoms with Crippen molar-refractivity contribution in [3.8, 4) is 5.88 Å². The van der Waals surface area contributed by atoms with Gasteiger partial charge in [-0.1, -0.05) is 11.6 Å². The lowest BCUT2D eigenvalue weighted by molar-refractivity contribution is 0.390. The van der Waals surface area contributed by atoms with E-state index in [-0.39, 0.29) is 5.54 Å². The number of nitrogens with two attached hydrogens (primary N) is 1. The van der Waals surface area contributed by atoms with Crippen molar-refractivity contribution >= 4 is 17.2 Å². The lowest BCUT2D eigenvalue weighted by Gasteiger charge is -2.03. The van der Waals surface area contributed by atoms with Gasteiger partial charge in [0.05, 0.1) is 12.6 Å². The third kappa shape index (κ3) is 1.28. The lowest BCUT2D eigenvalue weighted by atomic mass is 10.2. The minimum absolute atomic E-state index is 0.349. The van der Waals surface area contributed by atoms with Gasteiger partial charge in [-0.25, -0.2) is 4.98 Å². The van der Waals surface area contributed by atoms with Crippen LogP contribution in [0.3, 0.4) is 0 Å². The van der Waals surface area contributed by atoms with Gasteiger partial charge in [-0.2, -0.15) is 4.52 Å². The highest BCUT2D eigenvalue weighted by atomic mass is 35.5. The van der Waals surface area contributed by atoms with E-state index in [2.05, 4.69) is 10.1 Å². The molecule has 0 spiro atoms. The summed E-state index contributed by atoms with van der Waals surface area (Å²) in [7, 11) is 1.56. The number of ether oxygens (including phenoxy) is 1. The van der Waals surface area contributed by atoms with E-state index in [1.807, 2.05) is 6.07 Å². The second-order valence-corrected chi connectivity index (χ2v) is 4.41. The molecule has 1 aliphatic rings. The largest absolute Gasteiger partial charge is 0.480 e. The van der Waals surface area contributed by atoms with Crippen molar-refractivity contribution in [2.45, 2.75) is 18.4 Å². The Morgan fingerprint density at radius 3 is 2.88 bits per heavy atom. The minimum atomic E-state index is -0.349. The third-order valence-electron chi connectivity index (χ3n) is 2.87. The van der Waals surface area contributed by atoms with Gasteiger partial charge in [0, 0.05) is 6.07 Å². The molecule has 0 aliphatic heterocycles. The van der Waals surface area contributed by atoms with Crippen molar-refractivity contribution in [2.75, 3.05) is 7.11 Å². The molecule has 0 unspecified atom stereocenters. The maximum absolute atomic E-state index is 6.21. The fourth-order valence-electron chi connectivity index (χ4n) is 1.69. The summed E-state index contributed by atoms with van der Waals surface area (Å²) in [4.78, 5) is 4.41. The van der Waals surface area contributed by atoms with E-state index in [9.17, 15) is 0 Å². The Balaban J connectivity index is 2.23. The van der Waals surface area contributed by atoms with Crippen LogP contribution in [-0.4, -0.2) is 21.7 Å². The molecule has 1 fully saturated rings. The Kier molecular flexibility index (Phi) is 1.90. The van der Waals surface area contributed by atoms with E-state index in [1.165, 1.54) is 0 Å². The number of fused-ring (bicyclic) bond motifs is 1. The predicted octanol–water partition coefficient (Wildman–Crippen LogP) is 1.34. The first-order valence-corrected chi connectivity index (χ1v) is 5.40. The van der Waals surface area contributed by atoms with Crippen LogP contribution in [0, 0.1) is 0 Å². The highest BCUT2D eigenvalue weighted by Crippen LogP contribution is 2.44. The summed E-state index contributed by atoms with van der Waals surface area (Å²) in [5.41, 5.74) is 7.16. The van der Waals surface area contributed by atoms with E-state index in [0.717, 1.165) is 18.5 Å². The van der Waals surface area contributed by atoms with Crippen molar-refractivity contribution in [2.24, 2.45) is 5.73 Å². The Hall–Kier alpha value is -1.33. The normalized spacial score (nSPS) is 17.7. The van der Waals surface area contributed by atoms with E-state index >= 15 is 0 Å². The molecule has 3 rings (SSSR count). The van der Waals surface area contributed by atoms with Crippen molar-refractivity contribution in [1.29, 1.82) is 0 Å². The van der Waals surface area contributed by atoms with Crippen LogP contribution in [-0.2, 0) is 5.54 Å². The zero-order valence-electron chi connectivity index (χ0n) is 8.77. The molecular weight excluding hydrogens is 228 g/mol. The molecule has 0 radical (unpaired) electrons. The number of rotatable bonds is 2. The highest BCUT2D eigenvalue weighted by Gasteiger charge is 2.44. The first-order chi connectivity index (χ1) is 7.64. The monoisotopic (exact) mass is 238 g/mol. The van der Waals surface area contributed by atoms with E-state index < -0.39 is 0 Å². The molecule has 1 aliphatic carbocycles. The van der Waals surface area contributed by atoms with Gasteiger partial charge >= 0.3 is 0 Å². The van der Waals surface area contributed by atoms with Crippen LogP contribution >= 0.6 is 11.6 Å². The highest BCUT2D eigenvalue weighted by molar-refractivity contribution is 6.30. The van der Waals surface area contributed by atoms with Gasteiger partial charge in [-0.05, 0) is 18.9 Å². The smallest absolute Gasteiger partial charge is 0.231 e. The van der Waals surface area contributed by atoms with E-state index in [1.54, 1.807) is 17.7 Å². The van der Waals surface area contributed by atoms with Crippen LogP contribution in [0.15, 0.2) is 12.1 Å². The van der Waals surface area contributed by atoms with Crippen LogP contribution in [0.25, 0.3) is 5.65 Å². The number of aromatic nitrogens is 3. The van der Waals surface area contributed by atoms with E-state index in [4.69, 9.17) is 22.1 Å². The summed E-state index contributed by atoms with van der Waals surface area (Å²) in [6.07, 6.45) is 1.85. The molecule has 6 heteroatoms. The number of methoxy groups -OCH3 is 1. The maximum atomic E-state index is 6.21. The van der Waals surface area contributed by atoms with Gasteiger partial charge < -0.3 is 10.5 Å². The fraction of sp³-hybridized carbons (Fsp3) is 0.400. The zero-order valence-corrected chi connectivity index (χ0v) is 9.53. The summed E-state index contributed by atoms with van der Waals surface area (Å²) in [5.74, 6) is 0.500. The Labute approximate surface area is 97.2 Å². The van der Waals surface area contributed by atoms with Crippen LogP contribution < -0.4 is 10.5 Å². The second-order valence-electron chi connectivity index (χ2n) is 4.05. The van der Waals surface area contributed by atoms with Crippen LogP contribution in [0.5, 0.6) is 5.88 Å². The van der Waals surface area contributed by atoms with Crippen LogP contribution in [0.1, 0.15) is 18.5 Å². The zero-order chi connectivity index (χ0) is 11.3. The Bertz CT molecular complexity index is 561. The Morgan fingerprint density at radius 1 is 1.50 bits per heavy atom. The number of hydrogen-bond donors (Lipinski definition) is 1. The lowest BCUT2D eigenvalue weighted by Crippen LogP contribution is -2.19. The van der Waals surface area contributed by atoms with Gasteiger partial charge in [0.25, 0.3) is 0 Å². The van der Waals surface area contributed by atoms with Gasteiger partial charge in [0.2, 0.25) is 5.88 Å². The molecule has 2 N–H and O–H groups in total. The van der Waals surface area contributed by atoms with Gasteiger partial charge in [-0.15, -0.1) is 5.10 Å². The molecular formula is C10H11ClN4O. The summed E-state index contributed by atoms with van der Waals surface area (Å²) >= 11 is 6.21. The van der Waals surface area contributed by atoms with Gasteiger partial charge in [0.15, 0.2) is 10.8 Å². The number of hydrogen-bond acceptors (Lipinski definition) is 4. The quantitative estimate of drug-likeness (QED) is 0.858. The molecule has 0 aromatic carbocycles. The molecule has 0 bridgehead atoms. The summed E-state index contributed by atoms with van der Waals surface area (Å²) in [6, 6.07) is 3.56. The summed E-state index contributed by atoms with van der Waals surface area (Å²) < 4.78 is 6.60. The van der Waals surface area contributed by atoms with Crippen molar-refractivity contribution in [3.05, 3.63) is 23.0 Å². The number of nitrogens with zero attached hydrogens (tertiary/aromatic N) is 3. The molecule has 84 valence electrons. The maximum Gasteiger partial charge on any atom is 0.231 e. The molecule has 1 saturated carbocycles. The molecule has 0 atom stereocenters. The number of halogens is 1. The average Bonchev–Trinajstić information content (AvgIpc) is 2.95. The summed E-state index contributed by atoms with van der Waals surface area (Å²) in [6.45, 7) is 0. The first-order valence-electron chi connectivity index (χ1n) is 5.03. The molecule has 2 aromatic heterocycles. The van der Waals surface area contributed by atoms with Crippen molar-refractivity contribution in [3.63, 3.8) is 0 Å². The minimum Gasteiger partial charge on any atom is -0.480 e. The molecule has 2 heterocycles. The first kappa shape index (κ1) is 9.86. The second kappa shape index (κ2) is 3.09. The molecule has 0 amide bonds. The molecule has 16 heavy (non-hydrogen) atoms. The Morgan fingerprint density at radius 2 is 2.25 bits per heavy atom. The summed E-state index contributed by atoms with van der Waals surface area (Å²) in [5, 5.41) is 4.68. The average molecular weight is 239 g/mol. The molecule has 5 nitrogen and oxygen atoms in total. The number of imidazole rings is 1. The third-order valence-corrected chi connectivity index (χ3v) is 3.21. The topological polar surface area (TPSA) is 65.4 Å². The van der Waals surface area contributed by atoms with Crippen LogP contribution in [0.2, 0.25) is 5.15 Å². The van der Waals surface area contributed by atoms with Crippen LogP contribution in [0.4, 0.5) is 0 Å². The predicted molar refractivity (Wildman–Crippen MR) is 59.6 cm³/mol.